The van der Waals surface area contributed by atoms with Crippen molar-refractivity contribution < 1.29 is 4.79 Å². The molecule has 1 atom stereocenters. The third-order valence-corrected chi connectivity index (χ3v) is 6.12. The standard InChI is InChI=1S/C22H29ClN4O/c1-4-27(21(28)18-12-8-9-15(2)20(18)23)19-13-14-24-22(26-19)25-16(3)17-10-6-5-7-11-17/h8-9,12-14,16-17H,4-7,10-11H2,1-3H3,(H,24,25,26)/t16-/m0/s1. The molecule has 28 heavy (non-hydrogen) atoms. The SMILES string of the molecule is CCN(C(=O)c1cccc(C)c1Cl)c1ccnc(N[C@@H](C)C2CCCCC2)n1. The summed E-state index contributed by atoms with van der Waals surface area (Å²) in [5.41, 5.74) is 1.38. The van der Waals surface area contributed by atoms with Crippen molar-refractivity contribution in [1.82, 2.24) is 9.97 Å². The normalized spacial score (nSPS) is 15.9. The summed E-state index contributed by atoms with van der Waals surface area (Å²) in [7, 11) is 0. The molecule has 3 rings (SSSR count). The molecule has 0 aliphatic heterocycles. The number of rotatable bonds is 6. The maximum absolute atomic E-state index is 13.1. The highest BCUT2D eigenvalue weighted by molar-refractivity contribution is 6.35. The van der Waals surface area contributed by atoms with E-state index in [0.717, 1.165) is 5.56 Å². The summed E-state index contributed by atoms with van der Waals surface area (Å²) in [6, 6.07) is 7.58. The van der Waals surface area contributed by atoms with Crippen molar-refractivity contribution in [1.29, 1.82) is 0 Å². The molecule has 2 aromatic rings. The number of hydrogen-bond acceptors (Lipinski definition) is 4. The number of amides is 1. The molecule has 1 aromatic heterocycles. The van der Waals surface area contributed by atoms with E-state index in [4.69, 9.17) is 11.6 Å². The fourth-order valence-electron chi connectivity index (χ4n) is 3.89. The summed E-state index contributed by atoms with van der Waals surface area (Å²) in [4.78, 5) is 23.7. The highest BCUT2D eigenvalue weighted by atomic mass is 35.5. The molecule has 5 nitrogen and oxygen atoms in total. The number of nitrogens with one attached hydrogen (secondary N) is 1. The summed E-state index contributed by atoms with van der Waals surface area (Å²) >= 11 is 6.37. The van der Waals surface area contributed by atoms with Gasteiger partial charge in [-0.3, -0.25) is 9.69 Å². The molecule has 0 radical (unpaired) electrons. The van der Waals surface area contributed by atoms with Crippen molar-refractivity contribution in [2.45, 2.75) is 58.9 Å². The average molecular weight is 401 g/mol. The maximum Gasteiger partial charge on any atom is 0.260 e. The summed E-state index contributed by atoms with van der Waals surface area (Å²) in [6.07, 6.45) is 8.13. The number of carbonyl (C=O) groups excluding carboxylic acids is 1. The Labute approximate surface area is 172 Å². The largest absolute Gasteiger partial charge is 0.351 e. The zero-order chi connectivity index (χ0) is 20.1. The Bertz CT molecular complexity index is 820. The highest BCUT2D eigenvalue weighted by Gasteiger charge is 2.23. The second-order valence-electron chi connectivity index (χ2n) is 7.56. The van der Waals surface area contributed by atoms with Gasteiger partial charge in [-0.05, 0) is 57.2 Å². The van der Waals surface area contributed by atoms with Gasteiger partial charge < -0.3 is 5.32 Å². The Hall–Kier alpha value is -2.14. The number of carbonyl (C=O) groups is 1. The van der Waals surface area contributed by atoms with Crippen LogP contribution in [0.1, 0.15) is 61.9 Å². The number of halogens is 1. The smallest absolute Gasteiger partial charge is 0.260 e. The van der Waals surface area contributed by atoms with Crippen LogP contribution in [0, 0.1) is 12.8 Å². The van der Waals surface area contributed by atoms with Crippen LogP contribution in [0.15, 0.2) is 30.5 Å². The molecule has 1 heterocycles. The van der Waals surface area contributed by atoms with Gasteiger partial charge in [0.1, 0.15) is 5.82 Å². The summed E-state index contributed by atoms with van der Waals surface area (Å²) in [5, 5.41) is 3.93. The van der Waals surface area contributed by atoms with Gasteiger partial charge in [-0.2, -0.15) is 4.98 Å². The van der Waals surface area contributed by atoms with Crippen LogP contribution >= 0.6 is 11.6 Å². The topological polar surface area (TPSA) is 58.1 Å². The van der Waals surface area contributed by atoms with Gasteiger partial charge in [0, 0.05) is 18.8 Å². The number of aromatic nitrogens is 2. The van der Waals surface area contributed by atoms with Crippen LogP contribution in [0.2, 0.25) is 5.02 Å². The molecule has 1 fully saturated rings. The predicted molar refractivity (Wildman–Crippen MR) is 115 cm³/mol. The average Bonchev–Trinajstić information content (AvgIpc) is 2.71. The van der Waals surface area contributed by atoms with Gasteiger partial charge in [0.15, 0.2) is 0 Å². The Balaban J connectivity index is 1.78. The monoisotopic (exact) mass is 400 g/mol. The first-order chi connectivity index (χ1) is 13.5. The van der Waals surface area contributed by atoms with E-state index in [1.807, 2.05) is 26.0 Å². The second kappa shape index (κ2) is 9.37. The Morgan fingerprint density at radius 3 is 2.75 bits per heavy atom. The molecule has 0 bridgehead atoms. The molecule has 1 amide bonds. The van der Waals surface area contributed by atoms with Crippen molar-refractivity contribution >= 4 is 29.3 Å². The number of aryl methyl sites for hydroxylation is 1. The van der Waals surface area contributed by atoms with Crippen LogP contribution in [0.3, 0.4) is 0 Å². The first-order valence-corrected chi connectivity index (χ1v) is 10.6. The molecule has 0 spiro atoms. The molecular weight excluding hydrogens is 372 g/mol. The van der Waals surface area contributed by atoms with Gasteiger partial charge >= 0.3 is 0 Å². The van der Waals surface area contributed by atoms with Crippen molar-refractivity contribution in [2.24, 2.45) is 5.92 Å². The summed E-state index contributed by atoms with van der Waals surface area (Å²) in [5.74, 6) is 1.65. The Morgan fingerprint density at radius 2 is 2.04 bits per heavy atom. The third-order valence-electron chi connectivity index (χ3n) is 5.61. The van der Waals surface area contributed by atoms with Crippen LogP contribution in [0.5, 0.6) is 0 Å². The van der Waals surface area contributed by atoms with E-state index in [9.17, 15) is 4.79 Å². The van der Waals surface area contributed by atoms with Gasteiger partial charge in [0.25, 0.3) is 5.91 Å². The molecule has 1 N–H and O–H groups in total. The molecule has 0 saturated heterocycles. The lowest BCUT2D eigenvalue weighted by molar-refractivity contribution is 0.0987. The minimum atomic E-state index is -0.152. The lowest BCUT2D eigenvalue weighted by Crippen LogP contribution is -2.32. The maximum atomic E-state index is 13.1. The quantitative estimate of drug-likeness (QED) is 0.696. The summed E-state index contributed by atoms with van der Waals surface area (Å²) in [6.45, 7) is 6.52. The van der Waals surface area contributed by atoms with Gasteiger partial charge in [-0.1, -0.05) is 43.0 Å². The molecular formula is C22H29ClN4O. The van der Waals surface area contributed by atoms with E-state index >= 15 is 0 Å². The predicted octanol–water partition coefficient (Wildman–Crippen LogP) is 5.49. The van der Waals surface area contributed by atoms with E-state index in [1.165, 1.54) is 32.1 Å². The van der Waals surface area contributed by atoms with Crippen molar-refractivity contribution in [3.05, 3.63) is 46.6 Å². The molecule has 150 valence electrons. The van der Waals surface area contributed by atoms with Crippen LogP contribution in [0.4, 0.5) is 11.8 Å². The molecule has 6 heteroatoms. The van der Waals surface area contributed by atoms with E-state index in [2.05, 4.69) is 22.2 Å². The van der Waals surface area contributed by atoms with E-state index in [1.54, 1.807) is 23.2 Å². The van der Waals surface area contributed by atoms with Crippen molar-refractivity contribution in [2.75, 3.05) is 16.8 Å². The van der Waals surface area contributed by atoms with Gasteiger partial charge in [0.05, 0.1) is 10.6 Å². The Morgan fingerprint density at radius 1 is 1.29 bits per heavy atom. The van der Waals surface area contributed by atoms with Gasteiger partial charge in [-0.15, -0.1) is 0 Å². The minimum Gasteiger partial charge on any atom is -0.351 e. The lowest BCUT2D eigenvalue weighted by atomic mass is 9.85. The van der Waals surface area contributed by atoms with Gasteiger partial charge in [-0.25, -0.2) is 4.98 Å². The number of benzene rings is 1. The Kier molecular flexibility index (Phi) is 6.89. The first kappa shape index (κ1) is 20.6. The molecule has 1 aliphatic rings. The number of hydrogen-bond donors (Lipinski definition) is 1. The number of anilines is 2. The fraction of sp³-hybridized carbons (Fsp3) is 0.500. The molecule has 0 unspecified atom stereocenters. The van der Waals surface area contributed by atoms with Crippen LogP contribution in [-0.4, -0.2) is 28.5 Å². The molecule has 1 aromatic carbocycles. The van der Waals surface area contributed by atoms with E-state index < -0.39 is 0 Å². The third kappa shape index (κ3) is 4.64. The van der Waals surface area contributed by atoms with Crippen LogP contribution in [-0.2, 0) is 0 Å². The first-order valence-electron chi connectivity index (χ1n) is 10.2. The van der Waals surface area contributed by atoms with Crippen molar-refractivity contribution in [3.8, 4) is 0 Å². The molecule has 1 saturated carbocycles. The van der Waals surface area contributed by atoms with Crippen molar-refractivity contribution in [3.63, 3.8) is 0 Å². The van der Waals surface area contributed by atoms with E-state index in [0.29, 0.717) is 40.9 Å². The number of nitrogens with zero attached hydrogens (tertiary/aromatic N) is 3. The summed E-state index contributed by atoms with van der Waals surface area (Å²) < 4.78 is 0. The van der Waals surface area contributed by atoms with Gasteiger partial charge in [0.2, 0.25) is 5.95 Å². The lowest BCUT2D eigenvalue weighted by Gasteiger charge is -2.28. The van der Waals surface area contributed by atoms with Crippen LogP contribution < -0.4 is 10.2 Å². The zero-order valence-corrected chi connectivity index (χ0v) is 17.7. The van der Waals surface area contributed by atoms with E-state index in [-0.39, 0.29) is 5.91 Å². The highest BCUT2D eigenvalue weighted by Crippen LogP contribution is 2.28. The minimum absolute atomic E-state index is 0.152. The molecule has 1 aliphatic carbocycles. The zero-order valence-electron chi connectivity index (χ0n) is 16.9. The fourth-order valence-corrected chi connectivity index (χ4v) is 4.10. The second-order valence-corrected chi connectivity index (χ2v) is 7.93. The van der Waals surface area contributed by atoms with Crippen LogP contribution in [0.25, 0.3) is 0 Å².